The van der Waals surface area contributed by atoms with Crippen molar-refractivity contribution in [2.45, 2.75) is 84.5 Å². The zero-order chi connectivity index (χ0) is 26.2. The van der Waals surface area contributed by atoms with Crippen LogP contribution in [0.25, 0.3) is 0 Å². The average molecular weight is 509 g/mol. The Morgan fingerprint density at radius 2 is 1.95 bits per heavy atom. The van der Waals surface area contributed by atoms with E-state index in [1.54, 1.807) is 6.33 Å². The highest BCUT2D eigenvalue weighted by atomic mass is 16.4. The van der Waals surface area contributed by atoms with Crippen LogP contribution in [0.3, 0.4) is 0 Å². The number of anilines is 3. The summed E-state index contributed by atoms with van der Waals surface area (Å²) in [4.78, 5) is 28.4. The number of rotatable bonds is 12. The fourth-order valence-electron chi connectivity index (χ4n) is 5.78. The number of aliphatic carboxylic acids is 1. The quantitative estimate of drug-likeness (QED) is 0.345. The number of hydrogen-bond acceptors (Lipinski definition) is 7. The summed E-state index contributed by atoms with van der Waals surface area (Å²) in [7, 11) is 0. The van der Waals surface area contributed by atoms with Crippen molar-refractivity contribution in [3.8, 4) is 0 Å². The molecule has 2 aliphatic heterocycles. The molecule has 0 unspecified atom stereocenters. The smallest absolute Gasteiger partial charge is 0.308 e. The second-order valence-electron chi connectivity index (χ2n) is 10.6. The fraction of sp³-hybridized carbons (Fsp3) is 0.655. The number of carbonyl (C=O) groups is 1. The first-order valence-electron chi connectivity index (χ1n) is 14.3. The van der Waals surface area contributed by atoms with E-state index in [0.29, 0.717) is 24.8 Å². The normalized spacial score (nSPS) is 16.8. The van der Waals surface area contributed by atoms with E-state index < -0.39 is 11.9 Å². The third-order valence-corrected chi connectivity index (χ3v) is 8.35. The molecule has 4 heterocycles. The highest BCUT2D eigenvalue weighted by Gasteiger charge is 2.26. The van der Waals surface area contributed by atoms with Crippen molar-refractivity contribution in [1.29, 1.82) is 0 Å². The van der Waals surface area contributed by atoms with E-state index in [1.807, 2.05) is 0 Å². The summed E-state index contributed by atoms with van der Waals surface area (Å²) < 4.78 is 0. The summed E-state index contributed by atoms with van der Waals surface area (Å²) in [6, 6.07) is 4.47. The number of fused-ring (bicyclic) bond motifs is 1. The molecule has 1 atom stereocenters. The van der Waals surface area contributed by atoms with E-state index in [-0.39, 0.29) is 0 Å². The first kappa shape index (κ1) is 27.1. The van der Waals surface area contributed by atoms with Crippen LogP contribution in [0.5, 0.6) is 0 Å². The molecule has 0 aliphatic carbocycles. The average Bonchev–Trinajstić information content (AvgIpc) is 2.94. The van der Waals surface area contributed by atoms with E-state index in [1.165, 1.54) is 17.7 Å². The van der Waals surface area contributed by atoms with Crippen molar-refractivity contribution in [1.82, 2.24) is 15.0 Å². The van der Waals surface area contributed by atoms with Crippen LogP contribution in [0, 0.1) is 11.8 Å². The van der Waals surface area contributed by atoms with Crippen molar-refractivity contribution >= 4 is 23.4 Å². The molecule has 0 spiro atoms. The first-order chi connectivity index (χ1) is 18.0. The van der Waals surface area contributed by atoms with Gasteiger partial charge in [-0.15, -0.1) is 0 Å². The van der Waals surface area contributed by atoms with Crippen LogP contribution >= 0.6 is 0 Å². The Bertz CT molecular complexity index is 1030. The number of nitrogens with one attached hydrogen (secondary N) is 2. The Morgan fingerprint density at radius 1 is 1.16 bits per heavy atom. The Labute approximate surface area is 221 Å². The van der Waals surface area contributed by atoms with Gasteiger partial charge in [-0.25, -0.2) is 15.0 Å². The van der Waals surface area contributed by atoms with Crippen LogP contribution < -0.4 is 15.5 Å². The van der Waals surface area contributed by atoms with Gasteiger partial charge in [0.2, 0.25) is 0 Å². The minimum absolute atomic E-state index is 0.388. The van der Waals surface area contributed by atoms with Crippen LogP contribution in [0.15, 0.2) is 18.5 Å². The lowest BCUT2D eigenvalue weighted by Gasteiger charge is -2.34. The molecule has 2 aromatic rings. The number of nitrogens with zero attached hydrogens (tertiary/aromatic N) is 4. The molecule has 37 heavy (non-hydrogen) atoms. The van der Waals surface area contributed by atoms with Gasteiger partial charge in [-0.3, -0.25) is 4.79 Å². The lowest BCUT2D eigenvalue weighted by Crippen LogP contribution is -2.35. The van der Waals surface area contributed by atoms with E-state index in [2.05, 4.69) is 58.4 Å². The summed E-state index contributed by atoms with van der Waals surface area (Å²) in [6.45, 7) is 9.73. The molecular weight excluding hydrogens is 464 g/mol. The molecule has 8 nitrogen and oxygen atoms in total. The van der Waals surface area contributed by atoms with E-state index in [0.717, 1.165) is 87.6 Å². The van der Waals surface area contributed by atoms with Crippen LogP contribution in [-0.2, 0) is 17.6 Å². The molecule has 8 heteroatoms. The van der Waals surface area contributed by atoms with Gasteiger partial charge in [-0.1, -0.05) is 39.7 Å². The molecule has 3 N–H and O–H groups in total. The molecule has 2 aromatic heterocycles. The number of hydrogen-bond donors (Lipinski definition) is 3. The number of pyridine rings is 1. The predicted octanol–water partition coefficient (Wildman–Crippen LogP) is 5.51. The molecule has 0 amide bonds. The zero-order valence-corrected chi connectivity index (χ0v) is 22.8. The summed E-state index contributed by atoms with van der Waals surface area (Å²) in [5, 5.41) is 16.6. The first-order valence-corrected chi connectivity index (χ1v) is 14.3. The maximum atomic E-state index is 11.9. The van der Waals surface area contributed by atoms with Crippen LogP contribution in [0.1, 0.15) is 88.5 Å². The van der Waals surface area contributed by atoms with E-state index in [9.17, 15) is 9.90 Å². The molecule has 1 fully saturated rings. The predicted molar refractivity (Wildman–Crippen MR) is 150 cm³/mol. The number of piperidine rings is 1. The largest absolute Gasteiger partial charge is 0.481 e. The molecule has 4 rings (SSSR count). The maximum Gasteiger partial charge on any atom is 0.308 e. The van der Waals surface area contributed by atoms with Gasteiger partial charge in [-0.05, 0) is 62.5 Å². The molecule has 0 aromatic carbocycles. The molecule has 0 saturated carbocycles. The fourth-order valence-corrected chi connectivity index (χ4v) is 5.78. The van der Waals surface area contributed by atoms with Crippen LogP contribution in [-0.4, -0.2) is 52.2 Å². The second-order valence-corrected chi connectivity index (χ2v) is 10.6. The van der Waals surface area contributed by atoms with Crippen LogP contribution in [0.4, 0.5) is 17.5 Å². The number of aryl methyl sites for hydroxylation is 1. The topological polar surface area (TPSA) is 103 Å². The van der Waals surface area contributed by atoms with Gasteiger partial charge in [0, 0.05) is 43.4 Å². The van der Waals surface area contributed by atoms with E-state index in [4.69, 9.17) is 4.98 Å². The SMILES string of the molecule is CCc1c(NC[C@H](CCC(CC)CC)C(=O)O)ncnc1N1CCC(c2ccc3c(n2)NCCC3)CC1. The van der Waals surface area contributed by atoms with Gasteiger partial charge in [0.1, 0.15) is 23.8 Å². The minimum Gasteiger partial charge on any atom is -0.481 e. The number of carboxylic acid groups (broad SMARTS) is 1. The second kappa shape index (κ2) is 13.1. The Balaban J connectivity index is 1.39. The molecule has 0 radical (unpaired) electrons. The highest BCUT2D eigenvalue weighted by Crippen LogP contribution is 2.33. The molecule has 1 saturated heterocycles. The highest BCUT2D eigenvalue weighted by molar-refractivity contribution is 5.71. The number of aromatic nitrogens is 3. The Hall–Kier alpha value is -2.90. The van der Waals surface area contributed by atoms with Gasteiger partial charge in [0.05, 0.1) is 5.92 Å². The van der Waals surface area contributed by atoms with Crippen molar-refractivity contribution in [2.24, 2.45) is 11.8 Å². The summed E-state index contributed by atoms with van der Waals surface area (Å²) in [5.74, 6) is 2.71. The monoisotopic (exact) mass is 508 g/mol. The van der Waals surface area contributed by atoms with Gasteiger partial charge < -0.3 is 20.6 Å². The zero-order valence-electron chi connectivity index (χ0n) is 22.8. The molecular formula is C29H44N6O2. The number of carboxylic acids is 1. The van der Waals surface area contributed by atoms with Gasteiger partial charge in [0.25, 0.3) is 0 Å². The summed E-state index contributed by atoms with van der Waals surface area (Å²) in [5.41, 5.74) is 3.60. The molecule has 2 aliphatic rings. The summed E-state index contributed by atoms with van der Waals surface area (Å²) >= 11 is 0. The third kappa shape index (κ3) is 6.70. The van der Waals surface area contributed by atoms with Gasteiger partial charge in [-0.2, -0.15) is 0 Å². The lowest BCUT2D eigenvalue weighted by atomic mass is 9.92. The van der Waals surface area contributed by atoms with Crippen molar-refractivity contribution in [3.63, 3.8) is 0 Å². The van der Waals surface area contributed by atoms with E-state index >= 15 is 0 Å². The standard InChI is InChI=1S/C29H44N6O2/c1-4-20(5-2)9-10-23(29(36)37)18-31-27-24(6-3)28(33-19-32-27)35-16-13-21(14-17-35)25-12-11-22-8-7-15-30-26(22)34-25/h11-12,19-21,23H,4-10,13-18H2,1-3H3,(H,30,34)(H,36,37)(H,31,32,33)/t23-/m0/s1. The van der Waals surface area contributed by atoms with Crippen molar-refractivity contribution in [3.05, 3.63) is 35.3 Å². The Kier molecular flexibility index (Phi) is 9.58. The van der Waals surface area contributed by atoms with Gasteiger partial charge in [0.15, 0.2) is 0 Å². The van der Waals surface area contributed by atoms with Crippen LogP contribution in [0.2, 0.25) is 0 Å². The maximum absolute atomic E-state index is 11.9. The third-order valence-electron chi connectivity index (χ3n) is 8.35. The Morgan fingerprint density at radius 3 is 2.65 bits per heavy atom. The molecule has 202 valence electrons. The summed E-state index contributed by atoms with van der Waals surface area (Å²) in [6.07, 6.45) is 10.6. The van der Waals surface area contributed by atoms with Crippen molar-refractivity contribution in [2.75, 3.05) is 41.7 Å². The lowest BCUT2D eigenvalue weighted by molar-refractivity contribution is -0.141. The minimum atomic E-state index is -0.737. The molecule has 0 bridgehead atoms. The van der Waals surface area contributed by atoms with Gasteiger partial charge >= 0.3 is 5.97 Å². The van der Waals surface area contributed by atoms with Crippen molar-refractivity contribution < 1.29 is 9.90 Å².